The predicted molar refractivity (Wildman–Crippen MR) is 87.7 cm³/mol. The van der Waals surface area contributed by atoms with Crippen LogP contribution in [0.3, 0.4) is 0 Å². The molecule has 1 aliphatic heterocycles. The molecule has 2 aromatic carbocycles. The van der Waals surface area contributed by atoms with E-state index in [0.717, 1.165) is 5.56 Å². The number of rotatable bonds is 3. The monoisotopic (exact) mass is 311 g/mol. The van der Waals surface area contributed by atoms with E-state index in [2.05, 4.69) is 16.0 Å². The Balaban J connectivity index is 1.64. The highest BCUT2D eigenvalue weighted by molar-refractivity contribution is 7.80. The molecular weight excluding hydrogens is 298 g/mol. The first-order chi connectivity index (χ1) is 10.6. The standard InChI is InChI=1S/C16H13N3O2S/c20-14-12-7-6-11(8-13(12)15(21)19-14)18-16(22)17-9-10-4-2-1-3-5-10/h1-8H,9H2,(H2,17,18,22)(H,19,20,21). The van der Waals surface area contributed by atoms with Crippen molar-refractivity contribution in [2.75, 3.05) is 5.32 Å². The quantitative estimate of drug-likeness (QED) is 0.598. The van der Waals surface area contributed by atoms with Gasteiger partial charge in [0.2, 0.25) is 0 Å². The summed E-state index contributed by atoms with van der Waals surface area (Å²) in [6.45, 7) is 0.608. The fourth-order valence-electron chi connectivity index (χ4n) is 2.20. The van der Waals surface area contributed by atoms with Crippen LogP contribution in [0.2, 0.25) is 0 Å². The number of nitrogens with one attached hydrogen (secondary N) is 3. The third-order valence-electron chi connectivity index (χ3n) is 3.29. The number of hydrogen-bond donors (Lipinski definition) is 3. The van der Waals surface area contributed by atoms with Crippen molar-refractivity contribution in [3.05, 3.63) is 65.2 Å². The number of benzene rings is 2. The second kappa shape index (κ2) is 5.95. The molecule has 22 heavy (non-hydrogen) atoms. The predicted octanol–water partition coefficient (Wildman–Crippen LogP) is 2.06. The summed E-state index contributed by atoms with van der Waals surface area (Å²) in [6, 6.07) is 14.8. The zero-order valence-corrected chi connectivity index (χ0v) is 12.4. The Labute approximate surface area is 132 Å². The van der Waals surface area contributed by atoms with Gasteiger partial charge in [-0.05, 0) is 36.0 Å². The van der Waals surface area contributed by atoms with Crippen LogP contribution < -0.4 is 16.0 Å². The number of carbonyl (C=O) groups is 2. The minimum atomic E-state index is -0.383. The Bertz CT molecular complexity index is 759. The highest BCUT2D eigenvalue weighted by Crippen LogP contribution is 2.20. The number of carbonyl (C=O) groups excluding carboxylic acids is 2. The molecule has 5 nitrogen and oxygen atoms in total. The molecule has 1 aliphatic rings. The van der Waals surface area contributed by atoms with Crippen LogP contribution in [0, 0.1) is 0 Å². The Morgan fingerprint density at radius 3 is 2.50 bits per heavy atom. The lowest BCUT2D eigenvalue weighted by molar-refractivity contribution is 0.0879. The molecule has 3 N–H and O–H groups in total. The van der Waals surface area contributed by atoms with Gasteiger partial charge >= 0.3 is 0 Å². The molecular formula is C16H13N3O2S. The zero-order chi connectivity index (χ0) is 15.5. The largest absolute Gasteiger partial charge is 0.358 e. The molecule has 110 valence electrons. The van der Waals surface area contributed by atoms with Gasteiger partial charge in [0.1, 0.15) is 0 Å². The van der Waals surface area contributed by atoms with Crippen molar-refractivity contribution in [2.24, 2.45) is 0 Å². The summed E-state index contributed by atoms with van der Waals surface area (Å²) in [5, 5.41) is 8.80. The van der Waals surface area contributed by atoms with Crippen LogP contribution in [0.5, 0.6) is 0 Å². The maximum atomic E-state index is 11.6. The fraction of sp³-hybridized carbons (Fsp3) is 0.0625. The lowest BCUT2D eigenvalue weighted by atomic mass is 10.1. The number of anilines is 1. The minimum absolute atomic E-state index is 0.362. The smallest absolute Gasteiger partial charge is 0.259 e. The van der Waals surface area contributed by atoms with Crippen LogP contribution in [-0.4, -0.2) is 16.9 Å². The van der Waals surface area contributed by atoms with E-state index in [4.69, 9.17) is 12.2 Å². The molecule has 0 bridgehead atoms. The normalized spacial score (nSPS) is 12.5. The van der Waals surface area contributed by atoms with Crippen molar-refractivity contribution in [1.29, 1.82) is 0 Å². The van der Waals surface area contributed by atoms with Crippen molar-refractivity contribution in [3.8, 4) is 0 Å². The molecule has 0 atom stereocenters. The van der Waals surface area contributed by atoms with E-state index in [-0.39, 0.29) is 11.8 Å². The molecule has 0 radical (unpaired) electrons. The van der Waals surface area contributed by atoms with E-state index in [0.29, 0.717) is 28.5 Å². The number of amides is 2. The van der Waals surface area contributed by atoms with Crippen molar-refractivity contribution in [2.45, 2.75) is 6.54 Å². The fourth-order valence-corrected chi connectivity index (χ4v) is 2.39. The van der Waals surface area contributed by atoms with E-state index in [1.807, 2.05) is 30.3 Å². The maximum Gasteiger partial charge on any atom is 0.259 e. The number of thiocarbonyl (C=S) groups is 1. The average molecular weight is 311 g/mol. The van der Waals surface area contributed by atoms with Gasteiger partial charge in [0.25, 0.3) is 11.8 Å². The Kier molecular flexibility index (Phi) is 3.84. The van der Waals surface area contributed by atoms with Crippen LogP contribution in [0.1, 0.15) is 26.3 Å². The van der Waals surface area contributed by atoms with E-state index in [9.17, 15) is 9.59 Å². The maximum absolute atomic E-state index is 11.6. The van der Waals surface area contributed by atoms with Gasteiger partial charge < -0.3 is 10.6 Å². The molecule has 0 spiro atoms. The van der Waals surface area contributed by atoms with Crippen molar-refractivity contribution in [3.63, 3.8) is 0 Å². The van der Waals surface area contributed by atoms with Gasteiger partial charge in [0, 0.05) is 12.2 Å². The molecule has 6 heteroatoms. The molecule has 3 rings (SSSR count). The van der Waals surface area contributed by atoms with Gasteiger partial charge in [-0.2, -0.15) is 0 Å². The summed E-state index contributed by atoms with van der Waals surface area (Å²) in [6.07, 6.45) is 0. The lowest BCUT2D eigenvalue weighted by Gasteiger charge is -2.11. The van der Waals surface area contributed by atoms with E-state index < -0.39 is 0 Å². The van der Waals surface area contributed by atoms with Gasteiger partial charge in [-0.1, -0.05) is 30.3 Å². The first-order valence-electron chi connectivity index (χ1n) is 6.72. The van der Waals surface area contributed by atoms with Gasteiger partial charge in [0.05, 0.1) is 11.1 Å². The van der Waals surface area contributed by atoms with Crippen molar-refractivity contribution in [1.82, 2.24) is 10.6 Å². The molecule has 0 saturated carbocycles. The van der Waals surface area contributed by atoms with E-state index >= 15 is 0 Å². The minimum Gasteiger partial charge on any atom is -0.358 e. The van der Waals surface area contributed by atoms with Gasteiger partial charge in [-0.3, -0.25) is 14.9 Å². The van der Waals surface area contributed by atoms with Crippen LogP contribution in [0.25, 0.3) is 0 Å². The molecule has 0 unspecified atom stereocenters. The van der Waals surface area contributed by atoms with Crippen molar-refractivity contribution < 1.29 is 9.59 Å². The topological polar surface area (TPSA) is 70.2 Å². The van der Waals surface area contributed by atoms with Crippen LogP contribution >= 0.6 is 12.2 Å². The summed E-state index contributed by atoms with van der Waals surface area (Å²) < 4.78 is 0. The highest BCUT2D eigenvalue weighted by Gasteiger charge is 2.26. The molecule has 2 amide bonds. The first kappa shape index (κ1) is 14.2. The summed E-state index contributed by atoms with van der Waals surface area (Å²) in [5.74, 6) is -0.747. The SMILES string of the molecule is O=C1NC(=O)c2cc(NC(=S)NCc3ccccc3)ccc21. The van der Waals surface area contributed by atoms with Gasteiger partial charge in [0.15, 0.2) is 5.11 Å². The summed E-state index contributed by atoms with van der Waals surface area (Å²) in [5.41, 5.74) is 2.53. The van der Waals surface area contributed by atoms with Crippen molar-refractivity contribution >= 4 is 34.8 Å². The Hall–Kier alpha value is -2.73. The number of fused-ring (bicyclic) bond motifs is 1. The Morgan fingerprint density at radius 1 is 1.00 bits per heavy atom. The molecule has 0 fully saturated rings. The summed E-state index contributed by atoms with van der Waals surface area (Å²) in [4.78, 5) is 23.1. The third kappa shape index (κ3) is 2.96. The highest BCUT2D eigenvalue weighted by atomic mass is 32.1. The molecule has 0 aliphatic carbocycles. The zero-order valence-electron chi connectivity index (χ0n) is 11.6. The summed E-state index contributed by atoms with van der Waals surface area (Å²) >= 11 is 5.23. The lowest BCUT2D eigenvalue weighted by Crippen LogP contribution is -2.27. The first-order valence-corrected chi connectivity index (χ1v) is 7.13. The van der Waals surface area contributed by atoms with Crippen LogP contribution in [-0.2, 0) is 6.54 Å². The van der Waals surface area contributed by atoms with Gasteiger partial charge in [-0.15, -0.1) is 0 Å². The second-order valence-corrected chi connectivity index (χ2v) is 5.25. The molecule has 0 aromatic heterocycles. The number of hydrogen-bond acceptors (Lipinski definition) is 3. The second-order valence-electron chi connectivity index (χ2n) is 4.84. The van der Waals surface area contributed by atoms with E-state index in [1.165, 1.54) is 0 Å². The van der Waals surface area contributed by atoms with Gasteiger partial charge in [-0.25, -0.2) is 0 Å². The molecule has 0 saturated heterocycles. The average Bonchev–Trinajstić information content (AvgIpc) is 2.81. The molecule has 1 heterocycles. The van der Waals surface area contributed by atoms with Crippen LogP contribution in [0.15, 0.2) is 48.5 Å². The van der Waals surface area contributed by atoms with E-state index in [1.54, 1.807) is 18.2 Å². The van der Waals surface area contributed by atoms with Crippen LogP contribution in [0.4, 0.5) is 5.69 Å². The third-order valence-corrected chi connectivity index (χ3v) is 3.54. The Morgan fingerprint density at radius 2 is 1.73 bits per heavy atom. The number of imide groups is 1. The molecule has 2 aromatic rings. The summed E-state index contributed by atoms with van der Waals surface area (Å²) in [7, 11) is 0.